The summed E-state index contributed by atoms with van der Waals surface area (Å²) in [5.41, 5.74) is 1.12. The van der Waals surface area contributed by atoms with Gasteiger partial charge in [-0.05, 0) is 50.8 Å². The summed E-state index contributed by atoms with van der Waals surface area (Å²) in [6.07, 6.45) is -0.536. The molecule has 1 saturated heterocycles. The van der Waals surface area contributed by atoms with Crippen LogP contribution in [0.2, 0.25) is 0 Å². The number of piperazine rings is 1. The quantitative estimate of drug-likeness (QED) is 0.636. The molecule has 0 bridgehead atoms. The molecule has 0 unspecified atom stereocenters. The number of benzene rings is 1. The molecule has 166 valence electrons. The Bertz CT molecular complexity index is 787. The number of aryl methyl sites for hydroxylation is 1. The summed E-state index contributed by atoms with van der Waals surface area (Å²) in [5, 5.41) is 10.4. The molecule has 1 atom stereocenters. The van der Waals surface area contributed by atoms with Crippen molar-refractivity contribution in [3.8, 4) is 11.5 Å². The van der Waals surface area contributed by atoms with Crippen LogP contribution in [0.25, 0.3) is 0 Å². The molecule has 7 heteroatoms. The highest BCUT2D eigenvalue weighted by Crippen LogP contribution is 2.29. The largest absolute Gasteiger partial charge is 0.493 e. The van der Waals surface area contributed by atoms with E-state index >= 15 is 0 Å². The molecule has 2 aromatic rings. The molecule has 0 radical (unpaired) electrons. The summed E-state index contributed by atoms with van der Waals surface area (Å²) in [6, 6.07) is 9.94. The number of hydrogen-bond acceptors (Lipinski definition) is 7. The summed E-state index contributed by atoms with van der Waals surface area (Å²) in [6.45, 7) is 8.35. The first-order chi connectivity index (χ1) is 14.4. The SMILES string of the molecule is COc1ccc(CN(C)Cc2ccc(C)o2)cc1OC[C@H](O)CN1CCN(C)CC1. The van der Waals surface area contributed by atoms with E-state index < -0.39 is 6.10 Å². The van der Waals surface area contributed by atoms with Gasteiger partial charge in [0.2, 0.25) is 0 Å². The lowest BCUT2D eigenvalue weighted by molar-refractivity contribution is 0.0497. The van der Waals surface area contributed by atoms with Crippen molar-refractivity contribution in [3.05, 3.63) is 47.4 Å². The molecule has 1 aliphatic heterocycles. The van der Waals surface area contributed by atoms with Gasteiger partial charge in [0.15, 0.2) is 11.5 Å². The molecule has 0 aliphatic carbocycles. The highest BCUT2D eigenvalue weighted by atomic mass is 16.5. The Hall–Kier alpha value is -2.06. The van der Waals surface area contributed by atoms with Gasteiger partial charge in [-0.1, -0.05) is 6.07 Å². The summed E-state index contributed by atoms with van der Waals surface area (Å²) in [5.74, 6) is 3.21. The van der Waals surface area contributed by atoms with E-state index in [0.717, 1.165) is 56.4 Å². The van der Waals surface area contributed by atoms with Gasteiger partial charge in [-0.25, -0.2) is 0 Å². The molecular formula is C23H35N3O4. The minimum Gasteiger partial charge on any atom is -0.493 e. The standard InChI is InChI=1S/C23H35N3O4/c1-18-5-7-21(30-18)16-25(3)14-19-6-8-22(28-4)23(13-19)29-17-20(27)15-26-11-9-24(2)10-12-26/h5-8,13,20,27H,9-12,14-17H2,1-4H3/t20-/m1/s1. The third-order valence-corrected chi connectivity index (χ3v) is 5.40. The average molecular weight is 418 g/mol. The second-order valence-corrected chi connectivity index (χ2v) is 8.24. The van der Waals surface area contributed by atoms with Gasteiger partial charge in [-0.2, -0.15) is 0 Å². The van der Waals surface area contributed by atoms with E-state index in [4.69, 9.17) is 13.9 Å². The Morgan fingerprint density at radius 3 is 2.53 bits per heavy atom. The molecule has 1 aromatic heterocycles. The number of furan rings is 1. The maximum atomic E-state index is 10.4. The highest BCUT2D eigenvalue weighted by Gasteiger charge is 2.18. The van der Waals surface area contributed by atoms with E-state index in [1.807, 2.05) is 37.3 Å². The van der Waals surface area contributed by atoms with E-state index in [2.05, 4.69) is 28.8 Å². The summed E-state index contributed by atoms with van der Waals surface area (Å²) < 4.78 is 17.1. The van der Waals surface area contributed by atoms with Gasteiger partial charge >= 0.3 is 0 Å². The van der Waals surface area contributed by atoms with Gasteiger partial charge in [0.05, 0.1) is 13.7 Å². The number of β-amino-alcohol motifs (C(OH)–C–C–N with tert-alkyl or cyclic N) is 1. The number of rotatable bonds is 10. The zero-order chi connectivity index (χ0) is 21.5. The van der Waals surface area contributed by atoms with Crippen molar-refractivity contribution in [1.82, 2.24) is 14.7 Å². The van der Waals surface area contributed by atoms with Crippen LogP contribution in [-0.2, 0) is 13.1 Å². The van der Waals surface area contributed by atoms with Crippen LogP contribution in [-0.4, -0.2) is 86.4 Å². The van der Waals surface area contributed by atoms with Gasteiger partial charge in [0.1, 0.15) is 24.2 Å². The molecule has 1 aromatic carbocycles. The van der Waals surface area contributed by atoms with Crippen molar-refractivity contribution < 1.29 is 19.0 Å². The molecule has 1 N–H and O–H groups in total. The number of aliphatic hydroxyl groups is 1. The monoisotopic (exact) mass is 417 g/mol. The molecule has 1 aliphatic rings. The number of hydrogen-bond donors (Lipinski definition) is 1. The number of ether oxygens (including phenoxy) is 2. The highest BCUT2D eigenvalue weighted by molar-refractivity contribution is 5.43. The molecule has 2 heterocycles. The van der Waals surface area contributed by atoms with E-state index in [1.54, 1.807) is 7.11 Å². The van der Waals surface area contributed by atoms with E-state index in [1.165, 1.54) is 0 Å². The zero-order valence-corrected chi connectivity index (χ0v) is 18.6. The van der Waals surface area contributed by atoms with Crippen LogP contribution in [0.1, 0.15) is 17.1 Å². The lowest BCUT2D eigenvalue weighted by atomic mass is 10.2. The van der Waals surface area contributed by atoms with Crippen molar-refractivity contribution in [3.63, 3.8) is 0 Å². The van der Waals surface area contributed by atoms with Crippen molar-refractivity contribution in [2.24, 2.45) is 0 Å². The minimum atomic E-state index is -0.536. The maximum absolute atomic E-state index is 10.4. The van der Waals surface area contributed by atoms with Crippen molar-refractivity contribution >= 4 is 0 Å². The number of nitrogens with zero attached hydrogens (tertiary/aromatic N) is 3. The Morgan fingerprint density at radius 1 is 1.10 bits per heavy atom. The summed E-state index contributed by atoms with van der Waals surface area (Å²) >= 11 is 0. The van der Waals surface area contributed by atoms with E-state index in [9.17, 15) is 5.11 Å². The topological polar surface area (TPSA) is 61.6 Å². The van der Waals surface area contributed by atoms with Crippen LogP contribution in [0.4, 0.5) is 0 Å². The molecule has 0 spiro atoms. The van der Waals surface area contributed by atoms with Gasteiger partial charge < -0.3 is 23.9 Å². The third-order valence-electron chi connectivity index (χ3n) is 5.40. The van der Waals surface area contributed by atoms with Crippen LogP contribution >= 0.6 is 0 Å². The molecule has 1 fully saturated rings. The predicted molar refractivity (Wildman–Crippen MR) is 117 cm³/mol. The molecule has 0 saturated carbocycles. The Labute approximate surface area is 179 Å². The second-order valence-electron chi connectivity index (χ2n) is 8.24. The minimum absolute atomic E-state index is 0.244. The van der Waals surface area contributed by atoms with Gasteiger partial charge in [-0.3, -0.25) is 9.80 Å². The smallest absolute Gasteiger partial charge is 0.161 e. The van der Waals surface area contributed by atoms with Crippen LogP contribution in [0.3, 0.4) is 0 Å². The maximum Gasteiger partial charge on any atom is 0.161 e. The van der Waals surface area contributed by atoms with Crippen LogP contribution in [0.5, 0.6) is 11.5 Å². The zero-order valence-electron chi connectivity index (χ0n) is 18.6. The molecule has 0 amide bonds. The predicted octanol–water partition coefficient (Wildman–Crippen LogP) is 2.22. The molecule has 3 rings (SSSR count). The molecule has 7 nitrogen and oxygen atoms in total. The fraction of sp³-hybridized carbons (Fsp3) is 0.565. The molecular weight excluding hydrogens is 382 g/mol. The fourth-order valence-corrected chi connectivity index (χ4v) is 3.70. The summed E-state index contributed by atoms with van der Waals surface area (Å²) in [4.78, 5) is 6.78. The first-order valence-electron chi connectivity index (χ1n) is 10.6. The second kappa shape index (κ2) is 10.8. The molecule has 30 heavy (non-hydrogen) atoms. The lowest BCUT2D eigenvalue weighted by Crippen LogP contribution is -2.47. The number of likely N-dealkylation sites (N-methyl/N-ethyl adjacent to an activating group) is 1. The Kier molecular flexibility index (Phi) is 8.16. The number of aliphatic hydroxyl groups excluding tert-OH is 1. The normalized spacial score (nSPS) is 16.7. The van der Waals surface area contributed by atoms with Gasteiger partial charge in [0, 0.05) is 39.3 Å². The van der Waals surface area contributed by atoms with Crippen molar-refractivity contribution in [1.29, 1.82) is 0 Å². The van der Waals surface area contributed by atoms with Crippen LogP contribution in [0, 0.1) is 6.92 Å². The summed E-state index contributed by atoms with van der Waals surface area (Å²) in [7, 11) is 5.82. The third kappa shape index (κ3) is 6.74. The van der Waals surface area contributed by atoms with Crippen LogP contribution < -0.4 is 9.47 Å². The van der Waals surface area contributed by atoms with E-state index in [-0.39, 0.29) is 6.61 Å². The fourth-order valence-electron chi connectivity index (χ4n) is 3.70. The number of methoxy groups -OCH3 is 1. The van der Waals surface area contributed by atoms with Crippen LogP contribution in [0.15, 0.2) is 34.7 Å². The first-order valence-corrected chi connectivity index (χ1v) is 10.6. The average Bonchev–Trinajstić information content (AvgIpc) is 3.12. The van der Waals surface area contributed by atoms with Crippen molar-refractivity contribution in [2.45, 2.75) is 26.1 Å². The Balaban J connectivity index is 1.53. The van der Waals surface area contributed by atoms with Crippen molar-refractivity contribution in [2.75, 3.05) is 60.5 Å². The lowest BCUT2D eigenvalue weighted by Gasteiger charge is -2.33. The van der Waals surface area contributed by atoms with E-state index in [0.29, 0.717) is 18.0 Å². The Morgan fingerprint density at radius 2 is 1.87 bits per heavy atom. The van der Waals surface area contributed by atoms with Gasteiger partial charge in [-0.15, -0.1) is 0 Å². The first kappa shape index (κ1) is 22.6. The van der Waals surface area contributed by atoms with Gasteiger partial charge in [0.25, 0.3) is 0 Å².